The van der Waals surface area contributed by atoms with E-state index in [2.05, 4.69) is 53.0 Å². The first kappa shape index (κ1) is 17.1. The maximum absolute atomic E-state index is 9.94. The molecule has 1 N–H and O–H groups in total. The minimum atomic E-state index is 0. The summed E-state index contributed by atoms with van der Waals surface area (Å²) in [5, 5.41) is 10.9. The van der Waals surface area contributed by atoms with Crippen molar-refractivity contribution in [2.24, 2.45) is 7.05 Å². The maximum atomic E-state index is 9.94. The van der Waals surface area contributed by atoms with E-state index in [9.17, 15) is 5.11 Å². The van der Waals surface area contributed by atoms with Gasteiger partial charge in [0.05, 0.1) is 0 Å². The monoisotopic (exact) mass is 494 g/mol. The quantitative estimate of drug-likeness (QED) is 0.246. The van der Waals surface area contributed by atoms with Gasteiger partial charge < -0.3 is 24.0 Å². The second-order valence-electron chi connectivity index (χ2n) is 5.37. The van der Waals surface area contributed by atoms with E-state index >= 15 is 0 Å². The molecule has 0 fully saturated rings. The first-order valence-electron chi connectivity index (χ1n) is 7.36. The fraction of sp³-hybridized carbons (Fsp3) is 0.0526. The molecule has 4 rings (SSSR count). The van der Waals surface area contributed by atoms with Crippen molar-refractivity contribution in [1.29, 1.82) is 0 Å². The second kappa shape index (κ2) is 7.05. The van der Waals surface area contributed by atoms with Crippen molar-refractivity contribution in [2.75, 3.05) is 0 Å². The van der Waals surface area contributed by atoms with Gasteiger partial charge in [-0.15, -0.1) is 0 Å². The molecule has 5 heteroatoms. The van der Waals surface area contributed by atoms with Crippen molar-refractivity contribution in [3.63, 3.8) is 0 Å². The molecule has 0 saturated carbocycles. The van der Waals surface area contributed by atoms with E-state index in [-0.39, 0.29) is 29.7 Å². The van der Waals surface area contributed by atoms with Gasteiger partial charge in [-0.05, 0) is 0 Å². The van der Waals surface area contributed by atoms with Crippen LogP contribution in [0.15, 0.2) is 54.7 Å². The largest absolute Gasteiger partial charge is 1.00 e. The summed E-state index contributed by atoms with van der Waals surface area (Å²) in [5.41, 5.74) is 3.01. The van der Waals surface area contributed by atoms with Crippen LogP contribution in [0.2, 0.25) is 0 Å². The van der Waals surface area contributed by atoms with Crippen molar-refractivity contribution in [3.8, 4) is 5.75 Å². The second-order valence-corrected chi connectivity index (χ2v) is 7.60. The number of hydrogen-bond acceptors (Lipinski definition) is 2. The SMILES string of the molecule is C[n+]1c(/C=C/c2ccnc3c(O)cccc23)[se]c2ccccc21.[I-]. The fourth-order valence-corrected chi connectivity index (χ4v) is 4.96. The number of para-hydroxylation sites is 2. The average Bonchev–Trinajstić information content (AvgIpc) is 2.90. The van der Waals surface area contributed by atoms with Crippen LogP contribution in [0.1, 0.15) is 10.1 Å². The Balaban J connectivity index is 0.00000169. The summed E-state index contributed by atoms with van der Waals surface area (Å²) in [5.74, 6) is 0.222. The molecule has 0 atom stereocenters. The molecule has 0 spiro atoms. The predicted octanol–water partition coefficient (Wildman–Crippen LogP) is 0.149. The number of aromatic nitrogens is 2. The van der Waals surface area contributed by atoms with Crippen LogP contribution in [0.25, 0.3) is 32.8 Å². The van der Waals surface area contributed by atoms with Gasteiger partial charge in [-0.1, -0.05) is 0 Å². The predicted molar refractivity (Wildman–Crippen MR) is 94.4 cm³/mol. The first-order valence-corrected chi connectivity index (χ1v) is 9.08. The number of hydrogen-bond donors (Lipinski definition) is 1. The normalized spacial score (nSPS) is 11.2. The molecule has 120 valence electrons. The Hall–Kier alpha value is -1.69. The standard InChI is InChI=1S/C19H14N2OSe.HI/c1-21-15-6-2-3-8-17(15)23-18(21)10-9-13-11-12-20-19-14(13)5-4-7-16(19)22;/h2-12H,1H3;1H. The van der Waals surface area contributed by atoms with Gasteiger partial charge in [-0.25, -0.2) is 0 Å². The number of phenols is 1. The van der Waals surface area contributed by atoms with Gasteiger partial charge in [0.1, 0.15) is 0 Å². The third-order valence-corrected chi connectivity index (χ3v) is 6.45. The molecule has 4 aromatic rings. The Bertz CT molecular complexity index is 1060. The summed E-state index contributed by atoms with van der Waals surface area (Å²) < 4.78 is 5.00. The van der Waals surface area contributed by atoms with E-state index in [4.69, 9.17) is 0 Å². The molecule has 2 aromatic heterocycles. The van der Waals surface area contributed by atoms with Crippen LogP contribution in [0, 0.1) is 0 Å². The zero-order valence-corrected chi connectivity index (χ0v) is 16.8. The molecule has 0 saturated heterocycles. The number of halogens is 1. The molecule has 2 heterocycles. The number of phenolic OH excluding ortho intramolecular Hbond substituents is 1. The van der Waals surface area contributed by atoms with Gasteiger partial charge >= 0.3 is 140 Å². The zero-order chi connectivity index (χ0) is 15.8. The van der Waals surface area contributed by atoms with E-state index in [1.165, 1.54) is 14.3 Å². The summed E-state index contributed by atoms with van der Waals surface area (Å²) in [4.78, 5) is 4.27. The Morgan fingerprint density at radius 1 is 1.04 bits per heavy atom. The van der Waals surface area contributed by atoms with Crippen molar-refractivity contribution in [2.45, 2.75) is 0 Å². The van der Waals surface area contributed by atoms with E-state index in [0.29, 0.717) is 20.0 Å². The molecular weight excluding hydrogens is 478 g/mol. The minimum Gasteiger partial charge on any atom is -1.00 e. The summed E-state index contributed by atoms with van der Waals surface area (Å²) in [6.45, 7) is 0. The molecule has 0 aliphatic carbocycles. The molecule has 2 aromatic carbocycles. The van der Waals surface area contributed by atoms with Gasteiger partial charge in [-0.3, -0.25) is 0 Å². The van der Waals surface area contributed by atoms with E-state index in [0.717, 1.165) is 10.9 Å². The Labute approximate surface area is 163 Å². The van der Waals surface area contributed by atoms with Gasteiger partial charge in [0, 0.05) is 0 Å². The molecule has 0 amide bonds. The molecule has 3 nitrogen and oxygen atoms in total. The van der Waals surface area contributed by atoms with Gasteiger partial charge in [0.25, 0.3) is 0 Å². The summed E-state index contributed by atoms with van der Waals surface area (Å²) >= 11 is 0.326. The molecule has 24 heavy (non-hydrogen) atoms. The Morgan fingerprint density at radius 2 is 1.88 bits per heavy atom. The van der Waals surface area contributed by atoms with Crippen LogP contribution in [0.4, 0.5) is 0 Å². The van der Waals surface area contributed by atoms with Crippen LogP contribution in [0.3, 0.4) is 0 Å². The Kier molecular flexibility index (Phi) is 5.04. The molecule has 0 unspecified atom stereocenters. The first-order chi connectivity index (χ1) is 11.2. The van der Waals surface area contributed by atoms with Crippen molar-refractivity contribution in [1.82, 2.24) is 4.98 Å². The number of rotatable bonds is 2. The van der Waals surface area contributed by atoms with E-state index in [1.807, 2.05) is 18.2 Å². The van der Waals surface area contributed by atoms with E-state index in [1.54, 1.807) is 12.3 Å². The average molecular weight is 493 g/mol. The van der Waals surface area contributed by atoms with Crippen molar-refractivity contribution in [3.05, 3.63) is 64.9 Å². The number of fused-ring (bicyclic) bond motifs is 2. The minimum absolute atomic E-state index is 0. The van der Waals surface area contributed by atoms with Crippen LogP contribution in [0.5, 0.6) is 5.75 Å². The number of pyridine rings is 1. The molecular formula is C19H15IN2OSe. The number of nitrogens with zero attached hydrogens (tertiary/aromatic N) is 2. The summed E-state index contributed by atoms with van der Waals surface area (Å²) in [6.07, 6.45) is 6.03. The van der Waals surface area contributed by atoms with Crippen LogP contribution in [-0.2, 0) is 7.05 Å². The van der Waals surface area contributed by atoms with Crippen LogP contribution >= 0.6 is 0 Å². The topological polar surface area (TPSA) is 37.0 Å². The number of aryl methyl sites for hydroxylation is 1. The number of aromatic hydroxyl groups is 1. The molecule has 0 bridgehead atoms. The molecule has 0 aliphatic rings. The molecule has 0 radical (unpaired) electrons. The fourth-order valence-electron chi connectivity index (χ4n) is 2.75. The molecule has 0 aliphatic heterocycles. The van der Waals surface area contributed by atoms with Crippen LogP contribution in [-0.4, -0.2) is 24.6 Å². The number of benzene rings is 2. The zero-order valence-electron chi connectivity index (χ0n) is 13.0. The van der Waals surface area contributed by atoms with Gasteiger partial charge in [0.15, 0.2) is 0 Å². The summed E-state index contributed by atoms with van der Waals surface area (Å²) in [6, 6.07) is 16.0. The smallest absolute Gasteiger partial charge is 1.00 e. The van der Waals surface area contributed by atoms with E-state index < -0.39 is 0 Å². The van der Waals surface area contributed by atoms with Crippen molar-refractivity contribution < 1.29 is 33.7 Å². The third kappa shape index (κ3) is 2.99. The summed E-state index contributed by atoms with van der Waals surface area (Å²) in [7, 11) is 2.11. The van der Waals surface area contributed by atoms with Crippen molar-refractivity contribution >= 4 is 47.3 Å². The Morgan fingerprint density at radius 3 is 2.71 bits per heavy atom. The van der Waals surface area contributed by atoms with Gasteiger partial charge in [0.2, 0.25) is 0 Å². The van der Waals surface area contributed by atoms with Gasteiger partial charge in [-0.2, -0.15) is 0 Å². The third-order valence-electron chi connectivity index (χ3n) is 3.96. The maximum Gasteiger partial charge on any atom is -1.00 e. The van der Waals surface area contributed by atoms with Crippen LogP contribution < -0.4 is 28.5 Å².